The van der Waals surface area contributed by atoms with Gasteiger partial charge < -0.3 is 10.5 Å². The van der Waals surface area contributed by atoms with E-state index < -0.39 is 11.4 Å². The van der Waals surface area contributed by atoms with Crippen LogP contribution in [0.5, 0.6) is 5.75 Å². The summed E-state index contributed by atoms with van der Waals surface area (Å²) in [4.78, 5) is 0. The van der Waals surface area contributed by atoms with Gasteiger partial charge in [-0.25, -0.2) is 4.39 Å². The molecule has 0 aromatic heterocycles. The first-order chi connectivity index (χ1) is 6.36. The third-order valence-electron chi connectivity index (χ3n) is 1.94. The average molecular weight is 218 g/mol. The second kappa shape index (κ2) is 3.75. The quantitative estimate of drug-likeness (QED) is 0.827. The van der Waals surface area contributed by atoms with E-state index >= 15 is 0 Å². The molecule has 0 fully saturated rings. The van der Waals surface area contributed by atoms with Gasteiger partial charge in [-0.3, -0.25) is 0 Å². The molecule has 0 unspecified atom stereocenters. The van der Waals surface area contributed by atoms with Crippen molar-refractivity contribution in [1.29, 1.82) is 0 Å². The van der Waals surface area contributed by atoms with Crippen molar-refractivity contribution in [2.45, 2.75) is 19.4 Å². The lowest BCUT2D eigenvalue weighted by Crippen LogP contribution is -2.29. The molecule has 0 aliphatic rings. The van der Waals surface area contributed by atoms with Crippen LogP contribution in [0.1, 0.15) is 19.4 Å². The van der Waals surface area contributed by atoms with Crippen LogP contribution in [-0.4, -0.2) is 7.11 Å². The first kappa shape index (κ1) is 11.3. The largest absolute Gasteiger partial charge is 0.495 e. The van der Waals surface area contributed by atoms with Crippen LogP contribution < -0.4 is 10.5 Å². The van der Waals surface area contributed by atoms with Gasteiger partial charge in [-0.15, -0.1) is 0 Å². The molecule has 4 heteroatoms. The summed E-state index contributed by atoms with van der Waals surface area (Å²) in [5, 5.41) is 0.363. The van der Waals surface area contributed by atoms with Gasteiger partial charge in [0.25, 0.3) is 0 Å². The average Bonchev–Trinajstić information content (AvgIpc) is 2.06. The van der Waals surface area contributed by atoms with E-state index in [1.54, 1.807) is 13.8 Å². The predicted molar refractivity (Wildman–Crippen MR) is 55.2 cm³/mol. The van der Waals surface area contributed by atoms with Gasteiger partial charge in [0.15, 0.2) is 0 Å². The molecule has 1 aromatic carbocycles. The minimum Gasteiger partial charge on any atom is -0.495 e. The third-order valence-corrected chi connectivity index (χ3v) is 2.23. The molecule has 0 aliphatic heterocycles. The topological polar surface area (TPSA) is 35.2 Å². The zero-order valence-corrected chi connectivity index (χ0v) is 9.15. The van der Waals surface area contributed by atoms with Crippen LogP contribution in [-0.2, 0) is 5.54 Å². The lowest BCUT2D eigenvalue weighted by Gasteiger charge is -2.20. The Kier molecular flexibility index (Phi) is 3.02. The standard InChI is InChI=1S/C10H13ClFNO/c1-10(2,13)6-4-7(11)9(14-3)5-8(6)12/h4-5H,13H2,1-3H3. The van der Waals surface area contributed by atoms with E-state index in [1.807, 2.05) is 0 Å². The van der Waals surface area contributed by atoms with E-state index in [0.29, 0.717) is 16.3 Å². The molecule has 0 saturated carbocycles. The summed E-state index contributed by atoms with van der Waals surface area (Å²) in [7, 11) is 1.44. The summed E-state index contributed by atoms with van der Waals surface area (Å²) in [6.45, 7) is 3.43. The summed E-state index contributed by atoms with van der Waals surface area (Å²) >= 11 is 5.86. The van der Waals surface area contributed by atoms with E-state index in [0.717, 1.165) is 0 Å². The van der Waals surface area contributed by atoms with Crippen LogP contribution in [0.15, 0.2) is 12.1 Å². The van der Waals surface area contributed by atoms with Gasteiger partial charge in [0.2, 0.25) is 0 Å². The summed E-state index contributed by atoms with van der Waals surface area (Å²) in [6.07, 6.45) is 0. The molecule has 0 saturated heterocycles. The van der Waals surface area contributed by atoms with Crippen molar-refractivity contribution in [2.24, 2.45) is 5.73 Å². The number of hydrogen-bond acceptors (Lipinski definition) is 2. The highest BCUT2D eigenvalue weighted by molar-refractivity contribution is 6.32. The van der Waals surface area contributed by atoms with Crippen LogP contribution in [0.3, 0.4) is 0 Å². The van der Waals surface area contributed by atoms with Crippen molar-refractivity contribution in [1.82, 2.24) is 0 Å². The third kappa shape index (κ3) is 2.16. The molecule has 14 heavy (non-hydrogen) atoms. The Hall–Kier alpha value is -0.800. The monoisotopic (exact) mass is 217 g/mol. The van der Waals surface area contributed by atoms with Crippen LogP contribution >= 0.6 is 11.6 Å². The van der Waals surface area contributed by atoms with Gasteiger partial charge in [-0.1, -0.05) is 11.6 Å². The van der Waals surface area contributed by atoms with Crippen LogP contribution in [0.25, 0.3) is 0 Å². The van der Waals surface area contributed by atoms with Gasteiger partial charge in [-0.05, 0) is 19.9 Å². The van der Waals surface area contributed by atoms with Gasteiger partial charge >= 0.3 is 0 Å². The highest BCUT2D eigenvalue weighted by Gasteiger charge is 2.20. The summed E-state index contributed by atoms with van der Waals surface area (Å²) in [6, 6.07) is 2.74. The first-order valence-corrected chi connectivity index (χ1v) is 4.56. The Morgan fingerprint density at radius 2 is 2.00 bits per heavy atom. The van der Waals surface area contributed by atoms with Crippen LogP contribution in [0.2, 0.25) is 5.02 Å². The number of halogens is 2. The van der Waals surface area contributed by atoms with E-state index in [2.05, 4.69) is 0 Å². The van der Waals surface area contributed by atoms with Gasteiger partial charge in [0.1, 0.15) is 11.6 Å². The highest BCUT2D eigenvalue weighted by Crippen LogP contribution is 2.31. The molecular weight excluding hydrogens is 205 g/mol. The summed E-state index contributed by atoms with van der Waals surface area (Å²) < 4.78 is 18.4. The molecule has 1 aromatic rings. The maximum absolute atomic E-state index is 13.5. The highest BCUT2D eigenvalue weighted by atomic mass is 35.5. The Bertz CT molecular complexity index is 347. The van der Waals surface area contributed by atoms with E-state index in [1.165, 1.54) is 19.2 Å². The molecule has 0 aliphatic carbocycles. The molecule has 1 rings (SSSR count). The molecule has 2 nitrogen and oxygen atoms in total. The molecule has 0 atom stereocenters. The summed E-state index contributed by atoms with van der Waals surface area (Å²) in [5.41, 5.74) is 5.41. The SMILES string of the molecule is COc1cc(F)c(C(C)(C)N)cc1Cl. The molecule has 0 bridgehead atoms. The van der Waals surface area contributed by atoms with Crippen molar-refractivity contribution < 1.29 is 9.13 Å². The van der Waals surface area contributed by atoms with E-state index in [9.17, 15) is 4.39 Å². The smallest absolute Gasteiger partial charge is 0.140 e. The van der Waals surface area contributed by atoms with Gasteiger partial charge in [-0.2, -0.15) is 0 Å². The number of rotatable bonds is 2. The zero-order valence-electron chi connectivity index (χ0n) is 8.40. The number of methoxy groups -OCH3 is 1. The van der Waals surface area contributed by atoms with Crippen molar-refractivity contribution >= 4 is 11.6 Å². The predicted octanol–water partition coefficient (Wildman–Crippen LogP) is 2.68. The van der Waals surface area contributed by atoms with Crippen LogP contribution in [0, 0.1) is 5.82 Å². The molecule has 0 heterocycles. The Balaban J connectivity index is 3.29. The lowest BCUT2D eigenvalue weighted by molar-refractivity contribution is 0.408. The molecule has 0 radical (unpaired) electrons. The Morgan fingerprint density at radius 3 is 2.43 bits per heavy atom. The fourth-order valence-corrected chi connectivity index (χ4v) is 1.42. The summed E-state index contributed by atoms with van der Waals surface area (Å²) in [5.74, 6) is -0.0871. The maximum atomic E-state index is 13.5. The molecule has 78 valence electrons. The van der Waals surface area contributed by atoms with Crippen molar-refractivity contribution in [3.8, 4) is 5.75 Å². The van der Waals surface area contributed by atoms with Crippen molar-refractivity contribution in [2.75, 3.05) is 7.11 Å². The van der Waals surface area contributed by atoms with E-state index in [-0.39, 0.29) is 0 Å². The lowest BCUT2D eigenvalue weighted by atomic mass is 9.95. The number of hydrogen-bond donors (Lipinski definition) is 1. The number of ether oxygens (including phenoxy) is 1. The molecule has 0 amide bonds. The first-order valence-electron chi connectivity index (χ1n) is 4.18. The molecule has 2 N–H and O–H groups in total. The van der Waals surface area contributed by atoms with Gasteiger partial charge in [0, 0.05) is 17.2 Å². The number of nitrogens with two attached hydrogens (primary N) is 1. The van der Waals surface area contributed by atoms with Crippen molar-refractivity contribution in [3.63, 3.8) is 0 Å². The minimum atomic E-state index is -0.750. The Labute approximate surface area is 87.8 Å². The Morgan fingerprint density at radius 1 is 1.43 bits per heavy atom. The molecule has 0 spiro atoms. The second-order valence-electron chi connectivity index (χ2n) is 3.69. The zero-order chi connectivity index (χ0) is 10.9. The maximum Gasteiger partial charge on any atom is 0.140 e. The fourth-order valence-electron chi connectivity index (χ4n) is 1.18. The van der Waals surface area contributed by atoms with E-state index in [4.69, 9.17) is 22.1 Å². The van der Waals surface area contributed by atoms with Gasteiger partial charge in [0.05, 0.1) is 12.1 Å². The number of benzene rings is 1. The van der Waals surface area contributed by atoms with Crippen LogP contribution in [0.4, 0.5) is 4.39 Å². The fraction of sp³-hybridized carbons (Fsp3) is 0.400. The van der Waals surface area contributed by atoms with Crippen molar-refractivity contribution in [3.05, 3.63) is 28.5 Å². The molecular formula is C10H13ClFNO. The minimum absolute atomic E-state index is 0.317. The normalized spacial score (nSPS) is 11.6. The second-order valence-corrected chi connectivity index (χ2v) is 4.10.